The van der Waals surface area contributed by atoms with Crippen molar-refractivity contribution >= 4 is 5.97 Å². The summed E-state index contributed by atoms with van der Waals surface area (Å²) in [6.07, 6.45) is 1.33. The van der Waals surface area contributed by atoms with Gasteiger partial charge in [-0.3, -0.25) is 0 Å². The van der Waals surface area contributed by atoms with E-state index in [0.717, 1.165) is 0 Å². The highest BCUT2D eigenvalue weighted by Gasteiger charge is 2.08. The molecular formula is C11H15NO3. The first-order valence-electron chi connectivity index (χ1n) is 4.83. The number of nitrogens with zero attached hydrogens (tertiary/aromatic N) is 1. The van der Waals surface area contributed by atoms with Crippen LogP contribution in [0.5, 0.6) is 5.88 Å². The molecule has 4 nitrogen and oxygen atoms in total. The number of carboxylic acids is 1. The maximum Gasteiger partial charge on any atom is 0.337 e. The third-order valence-electron chi connectivity index (χ3n) is 1.88. The summed E-state index contributed by atoms with van der Waals surface area (Å²) in [5.74, 6) is -0.0622. The molecule has 1 N–H and O–H groups in total. The van der Waals surface area contributed by atoms with Gasteiger partial charge in [0, 0.05) is 12.3 Å². The van der Waals surface area contributed by atoms with Gasteiger partial charge < -0.3 is 9.84 Å². The Bertz CT molecular complexity index is 361. The third-order valence-corrected chi connectivity index (χ3v) is 1.88. The zero-order valence-corrected chi connectivity index (χ0v) is 9.15. The van der Waals surface area contributed by atoms with Crippen LogP contribution in [0.15, 0.2) is 12.3 Å². The number of hydrogen-bond donors (Lipinski definition) is 1. The Labute approximate surface area is 88.9 Å². The molecule has 0 aromatic carbocycles. The Morgan fingerprint density at radius 3 is 2.73 bits per heavy atom. The molecule has 0 bridgehead atoms. The van der Waals surface area contributed by atoms with Gasteiger partial charge in [-0.1, -0.05) is 13.8 Å². The number of hydrogen-bond acceptors (Lipinski definition) is 3. The fourth-order valence-corrected chi connectivity index (χ4v) is 1.09. The molecule has 1 aromatic rings. The lowest BCUT2D eigenvalue weighted by Gasteiger charge is -2.08. The molecular weight excluding hydrogens is 194 g/mol. The number of aromatic nitrogens is 1. The fraction of sp³-hybridized carbons (Fsp3) is 0.455. The molecule has 0 saturated heterocycles. The van der Waals surface area contributed by atoms with Gasteiger partial charge in [0.05, 0.1) is 12.2 Å². The molecule has 1 rings (SSSR count). The summed E-state index contributed by atoms with van der Waals surface area (Å²) in [7, 11) is 0. The van der Waals surface area contributed by atoms with Crippen LogP contribution in [0.2, 0.25) is 0 Å². The van der Waals surface area contributed by atoms with Crippen LogP contribution in [-0.2, 0) is 0 Å². The number of carbonyl (C=O) groups is 1. The standard InChI is InChI=1S/C11H15NO3/c1-7(2)6-15-10-4-8(3)9(5-12-10)11(13)14/h4-5,7H,6H2,1-3H3,(H,13,14). The minimum Gasteiger partial charge on any atom is -0.478 e. The molecule has 1 heterocycles. The fourth-order valence-electron chi connectivity index (χ4n) is 1.09. The monoisotopic (exact) mass is 209 g/mol. The van der Waals surface area contributed by atoms with Gasteiger partial charge in [0.15, 0.2) is 0 Å². The van der Waals surface area contributed by atoms with Gasteiger partial charge in [-0.15, -0.1) is 0 Å². The first-order valence-corrected chi connectivity index (χ1v) is 4.83. The molecule has 0 spiro atoms. The van der Waals surface area contributed by atoms with Crippen LogP contribution in [0, 0.1) is 12.8 Å². The molecule has 0 fully saturated rings. The van der Waals surface area contributed by atoms with Crippen LogP contribution in [0.4, 0.5) is 0 Å². The van der Waals surface area contributed by atoms with Gasteiger partial charge in [-0.05, 0) is 18.4 Å². The van der Waals surface area contributed by atoms with E-state index in [0.29, 0.717) is 24.0 Å². The maximum absolute atomic E-state index is 10.7. The molecule has 82 valence electrons. The van der Waals surface area contributed by atoms with E-state index in [2.05, 4.69) is 4.98 Å². The van der Waals surface area contributed by atoms with E-state index in [-0.39, 0.29) is 5.56 Å². The molecule has 0 aliphatic heterocycles. The number of rotatable bonds is 4. The average molecular weight is 209 g/mol. The van der Waals surface area contributed by atoms with Crippen molar-refractivity contribution in [2.75, 3.05) is 6.61 Å². The van der Waals surface area contributed by atoms with Gasteiger partial charge in [-0.25, -0.2) is 9.78 Å². The van der Waals surface area contributed by atoms with Gasteiger partial charge in [0.25, 0.3) is 0 Å². The summed E-state index contributed by atoms with van der Waals surface area (Å²) in [6.45, 7) is 6.39. The van der Waals surface area contributed by atoms with Gasteiger partial charge in [0.2, 0.25) is 5.88 Å². The van der Waals surface area contributed by atoms with Crippen molar-refractivity contribution in [3.05, 3.63) is 23.4 Å². The van der Waals surface area contributed by atoms with Crippen LogP contribution < -0.4 is 4.74 Å². The van der Waals surface area contributed by atoms with Crippen LogP contribution >= 0.6 is 0 Å². The Hall–Kier alpha value is -1.58. The lowest BCUT2D eigenvalue weighted by molar-refractivity contribution is 0.0695. The number of pyridine rings is 1. The van der Waals surface area contributed by atoms with E-state index in [1.165, 1.54) is 6.20 Å². The Kier molecular flexibility index (Phi) is 3.66. The Balaban J connectivity index is 2.78. The number of aryl methyl sites for hydroxylation is 1. The zero-order chi connectivity index (χ0) is 11.4. The highest BCUT2D eigenvalue weighted by atomic mass is 16.5. The minimum atomic E-state index is -0.963. The van der Waals surface area contributed by atoms with Gasteiger partial charge >= 0.3 is 5.97 Å². The molecule has 0 saturated carbocycles. The summed E-state index contributed by atoms with van der Waals surface area (Å²) in [5, 5.41) is 8.79. The van der Waals surface area contributed by atoms with E-state index < -0.39 is 5.97 Å². The Morgan fingerprint density at radius 1 is 1.60 bits per heavy atom. The molecule has 0 amide bonds. The van der Waals surface area contributed by atoms with E-state index in [9.17, 15) is 4.79 Å². The van der Waals surface area contributed by atoms with Crippen molar-refractivity contribution in [2.45, 2.75) is 20.8 Å². The molecule has 0 aliphatic carbocycles. The topological polar surface area (TPSA) is 59.4 Å². The number of carboxylic acid groups (broad SMARTS) is 1. The maximum atomic E-state index is 10.7. The molecule has 0 atom stereocenters. The van der Waals surface area contributed by atoms with Crippen LogP contribution in [0.1, 0.15) is 29.8 Å². The number of aromatic carboxylic acids is 1. The molecule has 0 radical (unpaired) electrons. The van der Waals surface area contributed by atoms with Crippen molar-refractivity contribution in [1.82, 2.24) is 4.98 Å². The first kappa shape index (κ1) is 11.5. The summed E-state index contributed by atoms with van der Waals surface area (Å²) >= 11 is 0. The van der Waals surface area contributed by atoms with Crippen molar-refractivity contribution in [2.24, 2.45) is 5.92 Å². The SMILES string of the molecule is Cc1cc(OCC(C)C)ncc1C(=O)O. The summed E-state index contributed by atoms with van der Waals surface area (Å²) < 4.78 is 5.38. The largest absolute Gasteiger partial charge is 0.478 e. The van der Waals surface area contributed by atoms with E-state index in [4.69, 9.17) is 9.84 Å². The van der Waals surface area contributed by atoms with Gasteiger partial charge in [-0.2, -0.15) is 0 Å². The second kappa shape index (κ2) is 4.77. The second-order valence-electron chi connectivity index (χ2n) is 3.85. The lowest BCUT2D eigenvalue weighted by atomic mass is 10.1. The average Bonchev–Trinajstić information content (AvgIpc) is 2.14. The van der Waals surface area contributed by atoms with Gasteiger partial charge in [0.1, 0.15) is 0 Å². The Morgan fingerprint density at radius 2 is 2.27 bits per heavy atom. The van der Waals surface area contributed by atoms with Crippen molar-refractivity contribution in [3.8, 4) is 5.88 Å². The highest BCUT2D eigenvalue weighted by Crippen LogP contribution is 2.14. The van der Waals surface area contributed by atoms with E-state index in [1.54, 1.807) is 13.0 Å². The molecule has 1 aromatic heterocycles. The molecule has 15 heavy (non-hydrogen) atoms. The normalized spacial score (nSPS) is 10.4. The first-order chi connectivity index (χ1) is 7.00. The second-order valence-corrected chi connectivity index (χ2v) is 3.85. The van der Waals surface area contributed by atoms with Crippen molar-refractivity contribution < 1.29 is 14.6 Å². The highest BCUT2D eigenvalue weighted by molar-refractivity contribution is 5.88. The molecule has 0 aliphatic rings. The quantitative estimate of drug-likeness (QED) is 0.825. The smallest absolute Gasteiger partial charge is 0.337 e. The predicted octanol–water partition coefficient (Wildman–Crippen LogP) is 2.12. The molecule has 4 heteroatoms. The number of ether oxygens (including phenoxy) is 1. The summed E-state index contributed by atoms with van der Waals surface area (Å²) in [4.78, 5) is 14.6. The lowest BCUT2D eigenvalue weighted by Crippen LogP contribution is -2.07. The predicted molar refractivity (Wildman–Crippen MR) is 56.3 cm³/mol. The zero-order valence-electron chi connectivity index (χ0n) is 9.15. The van der Waals surface area contributed by atoms with Crippen LogP contribution in [-0.4, -0.2) is 22.7 Å². The summed E-state index contributed by atoms with van der Waals surface area (Å²) in [5.41, 5.74) is 0.878. The third kappa shape index (κ3) is 3.23. The van der Waals surface area contributed by atoms with E-state index in [1.807, 2.05) is 13.8 Å². The van der Waals surface area contributed by atoms with Crippen LogP contribution in [0.3, 0.4) is 0 Å². The van der Waals surface area contributed by atoms with Crippen LogP contribution in [0.25, 0.3) is 0 Å². The van der Waals surface area contributed by atoms with E-state index >= 15 is 0 Å². The summed E-state index contributed by atoms with van der Waals surface area (Å²) in [6, 6.07) is 1.64. The van der Waals surface area contributed by atoms with Crippen molar-refractivity contribution in [1.29, 1.82) is 0 Å². The minimum absolute atomic E-state index is 0.215. The molecule has 0 unspecified atom stereocenters. The van der Waals surface area contributed by atoms with Crippen molar-refractivity contribution in [3.63, 3.8) is 0 Å².